The van der Waals surface area contributed by atoms with Crippen molar-refractivity contribution in [1.29, 1.82) is 0 Å². The Morgan fingerprint density at radius 1 is 0.950 bits per heavy atom. The van der Waals surface area contributed by atoms with Crippen molar-refractivity contribution in [3.63, 3.8) is 0 Å². The van der Waals surface area contributed by atoms with Crippen LogP contribution in [0.4, 0.5) is 5.95 Å². The zero-order valence-electron chi connectivity index (χ0n) is 10.6. The number of hydrogen-bond acceptors (Lipinski definition) is 5. The summed E-state index contributed by atoms with van der Waals surface area (Å²) in [7, 11) is 0. The van der Waals surface area contributed by atoms with Crippen molar-refractivity contribution in [2.45, 2.75) is 0 Å². The van der Waals surface area contributed by atoms with Gasteiger partial charge in [-0.1, -0.05) is 11.6 Å². The minimum absolute atomic E-state index is 0.187. The van der Waals surface area contributed by atoms with Gasteiger partial charge in [-0.15, -0.1) is 0 Å². The van der Waals surface area contributed by atoms with Gasteiger partial charge in [0.15, 0.2) is 5.82 Å². The molecule has 0 radical (unpaired) electrons. The van der Waals surface area contributed by atoms with E-state index >= 15 is 0 Å². The van der Waals surface area contributed by atoms with Crippen LogP contribution in [0.1, 0.15) is 0 Å². The first kappa shape index (κ1) is 13.5. The Bertz CT molecular complexity index is 600. The fourth-order valence-electron chi connectivity index (χ4n) is 1.97. The molecule has 5 nitrogen and oxygen atoms in total. The highest BCUT2D eigenvalue weighted by Crippen LogP contribution is 2.21. The smallest absolute Gasteiger partial charge is 0.230 e. The summed E-state index contributed by atoms with van der Waals surface area (Å²) in [6, 6.07) is 7.31. The largest absolute Gasteiger partial charge is 0.378 e. The maximum absolute atomic E-state index is 6.00. The molecule has 0 amide bonds. The van der Waals surface area contributed by atoms with Crippen molar-refractivity contribution < 1.29 is 4.74 Å². The van der Waals surface area contributed by atoms with E-state index in [-0.39, 0.29) is 5.28 Å². The lowest BCUT2D eigenvalue weighted by Crippen LogP contribution is -2.37. The Hall–Kier alpha value is -1.43. The van der Waals surface area contributed by atoms with Crippen molar-refractivity contribution >= 4 is 29.2 Å². The molecule has 0 N–H and O–H groups in total. The first-order valence-corrected chi connectivity index (χ1v) is 6.98. The molecule has 1 aliphatic rings. The van der Waals surface area contributed by atoms with Gasteiger partial charge in [0.1, 0.15) is 0 Å². The molecule has 1 fully saturated rings. The molecule has 2 heterocycles. The number of hydrogen-bond donors (Lipinski definition) is 0. The zero-order valence-corrected chi connectivity index (χ0v) is 12.1. The van der Waals surface area contributed by atoms with Gasteiger partial charge in [0.2, 0.25) is 11.2 Å². The highest BCUT2D eigenvalue weighted by molar-refractivity contribution is 6.30. The average molecular weight is 311 g/mol. The normalized spacial score (nSPS) is 15.4. The highest BCUT2D eigenvalue weighted by atomic mass is 35.5. The Labute approximate surface area is 126 Å². The third-order valence-corrected chi connectivity index (χ3v) is 3.41. The summed E-state index contributed by atoms with van der Waals surface area (Å²) in [5, 5.41) is 0.855. The first-order chi connectivity index (χ1) is 9.72. The Kier molecular flexibility index (Phi) is 4.00. The molecular formula is C13H12Cl2N4O. The van der Waals surface area contributed by atoms with Crippen LogP contribution in [0, 0.1) is 0 Å². The second-order valence-corrected chi connectivity index (χ2v) is 5.11. The number of halogens is 2. The number of ether oxygens (including phenoxy) is 1. The van der Waals surface area contributed by atoms with Crippen LogP contribution >= 0.6 is 23.2 Å². The predicted molar refractivity (Wildman–Crippen MR) is 78.3 cm³/mol. The zero-order chi connectivity index (χ0) is 13.9. The molecule has 1 aliphatic heterocycles. The standard InChI is InChI=1S/C13H12Cl2N4O/c14-10-3-1-9(2-4-10)11-16-12(15)18-13(17-11)19-5-7-20-8-6-19/h1-4H,5-8H2. The Morgan fingerprint density at radius 3 is 2.35 bits per heavy atom. The number of anilines is 1. The fraction of sp³-hybridized carbons (Fsp3) is 0.308. The van der Waals surface area contributed by atoms with Gasteiger partial charge in [0.25, 0.3) is 0 Å². The van der Waals surface area contributed by atoms with E-state index in [1.807, 2.05) is 17.0 Å². The van der Waals surface area contributed by atoms with Crippen LogP contribution in [0.2, 0.25) is 10.3 Å². The van der Waals surface area contributed by atoms with Crippen molar-refractivity contribution in [3.05, 3.63) is 34.6 Å². The molecular weight excluding hydrogens is 299 g/mol. The number of aromatic nitrogens is 3. The minimum atomic E-state index is 0.187. The summed E-state index contributed by atoms with van der Waals surface area (Å²) in [5.41, 5.74) is 0.855. The summed E-state index contributed by atoms with van der Waals surface area (Å²) in [5.74, 6) is 1.13. The molecule has 1 aromatic carbocycles. The fourth-order valence-corrected chi connectivity index (χ4v) is 2.25. The van der Waals surface area contributed by atoms with Gasteiger partial charge >= 0.3 is 0 Å². The van der Waals surface area contributed by atoms with Gasteiger partial charge in [0.05, 0.1) is 13.2 Å². The van der Waals surface area contributed by atoms with E-state index in [4.69, 9.17) is 27.9 Å². The van der Waals surface area contributed by atoms with Crippen LogP contribution in [0.3, 0.4) is 0 Å². The molecule has 0 saturated carbocycles. The maximum Gasteiger partial charge on any atom is 0.230 e. The summed E-state index contributed by atoms with van der Waals surface area (Å²) in [4.78, 5) is 14.9. The molecule has 2 aromatic rings. The third kappa shape index (κ3) is 3.00. The van der Waals surface area contributed by atoms with E-state index in [2.05, 4.69) is 15.0 Å². The van der Waals surface area contributed by atoms with Crippen LogP contribution in [0.5, 0.6) is 0 Å². The van der Waals surface area contributed by atoms with Gasteiger partial charge in [-0.2, -0.15) is 15.0 Å². The van der Waals surface area contributed by atoms with Crippen molar-refractivity contribution in [1.82, 2.24) is 15.0 Å². The molecule has 0 unspecified atom stereocenters. The molecule has 7 heteroatoms. The van der Waals surface area contributed by atoms with E-state index in [1.54, 1.807) is 12.1 Å². The van der Waals surface area contributed by atoms with Crippen LogP contribution in [-0.4, -0.2) is 41.3 Å². The van der Waals surface area contributed by atoms with E-state index in [9.17, 15) is 0 Å². The lowest BCUT2D eigenvalue weighted by Gasteiger charge is -2.26. The lowest BCUT2D eigenvalue weighted by atomic mass is 10.2. The second-order valence-electron chi connectivity index (χ2n) is 4.33. The number of nitrogens with zero attached hydrogens (tertiary/aromatic N) is 4. The van der Waals surface area contributed by atoms with Crippen LogP contribution < -0.4 is 4.90 Å². The topological polar surface area (TPSA) is 51.1 Å². The lowest BCUT2D eigenvalue weighted by molar-refractivity contribution is 0.122. The molecule has 20 heavy (non-hydrogen) atoms. The van der Waals surface area contributed by atoms with Crippen molar-refractivity contribution in [2.24, 2.45) is 0 Å². The second kappa shape index (κ2) is 5.91. The van der Waals surface area contributed by atoms with Crippen molar-refractivity contribution in [2.75, 3.05) is 31.2 Å². The molecule has 0 bridgehead atoms. The highest BCUT2D eigenvalue weighted by Gasteiger charge is 2.16. The molecule has 104 valence electrons. The van der Waals surface area contributed by atoms with Gasteiger partial charge in [-0.25, -0.2) is 0 Å². The summed E-state index contributed by atoms with van der Waals surface area (Å²) in [6.07, 6.45) is 0. The van der Waals surface area contributed by atoms with Gasteiger partial charge in [-0.3, -0.25) is 0 Å². The molecule has 0 aliphatic carbocycles. The van der Waals surface area contributed by atoms with Crippen LogP contribution in [-0.2, 0) is 4.74 Å². The van der Waals surface area contributed by atoms with E-state index < -0.39 is 0 Å². The van der Waals surface area contributed by atoms with Crippen molar-refractivity contribution in [3.8, 4) is 11.4 Å². The predicted octanol–water partition coefficient (Wildman–Crippen LogP) is 2.68. The SMILES string of the molecule is Clc1ccc(-c2nc(Cl)nc(N3CCOCC3)n2)cc1. The van der Waals surface area contributed by atoms with E-state index in [0.717, 1.165) is 18.7 Å². The van der Waals surface area contributed by atoms with Gasteiger partial charge in [0, 0.05) is 23.7 Å². The molecule has 0 spiro atoms. The molecule has 1 saturated heterocycles. The van der Waals surface area contributed by atoms with E-state index in [1.165, 1.54) is 0 Å². The number of morpholine rings is 1. The number of benzene rings is 1. The minimum Gasteiger partial charge on any atom is -0.378 e. The summed E-state index contributed by atoms with van der Waals surface area (Å²) in [6.45, 7) is 2.83. The molecule has 1 aromatic heterocycles. The van der Waals surface area contributed by atoms with Crippen LogP contribution in [0.25, 0.3) is 11.4 Å². The molecule has 0 atom stereocenters. The first-order valence-electron chi connectivity index (χ1n) is 6.22. The average Bonchev–Trinajstić information content (AvgIpc) is 2.48. The third-order valence-electron chi connectivity index (χ3n) is 2.99. The quantitative estimate of drug-likeness (QED) is 0.853. The molecule has 3 rings (SSSR count). The Morgan fingerprint density at radius 2 is 1.65 bits per heavy atom. The number of rotatable bonds is 2. The summed E-state index contributed by atoms with van der Waals surface area (Å²) < 4.78 is 5.32. The monoisotopic (exact) mass is 310 g/mol. The Balaban J connectivity index is 1.95. The van der Waals surface area contributed by atoms with Gasteiger partial charge < -0.3 is 9.64 Å². The van der Waals surface area contributed by atoms with Crippen LogP contribution in [0.15, 0.2) is 24.3 Å². The van der Waals surface area contributed by atoms with Gasteiger partial charge in [-0.05, 0) is 35.9 Å². The maximum atomic E-state index is 6.00. The summed E-state index contributed by atoms with van der Waals surface area (Å²) >= 11 is 11.9. The van der Waals surface area contributed by atoms with E-state index in [0.29, 0.717) is 30.0 Å².